The molecule has 0 amide bonds. The van der Waals surface area contributed by atoms with E-state index in [1.165, 1.54) is 16.7 Å². The summed E-state index contributed by atoms with van der Waals surface area (Å²) in [5.74, 6) is 0. The lowest BCUT2D eigenvalue weighted by atomic mass is 9.82. The highest BCUT2D eigenvalue weighted by atomic mass is 14.9. The number of likely N-dealkylation sites (N-methyl/N-ethyl adjacent to an activating group) is 1. The van der Waals surface area contributed by atoms with Gasteiger partial charge in [0.15, 0.2) is 0 Å². The van der Waals surface area contributed by atoms with Crippen LogP contribution in [0.4, 0.5) is 0 Å². The molecule has 1 heteroatoms. The molecule has 96 valence electrons. The number of rotatable bonds is 4. The van der Waals surface area contributed by atoms with Crippen molar-refractivity contribution < 1.29 is 0 Å². The summed E-state index contributed by atoms with van der Waals surface area (Å²) < 4.78 is 0. The van der Waals surface area contributed by atoms with Gasteiger partial charge in [0.1, 0.15) is 0 Å². The number of benzene rings is 1. The van der Waals surface area contributed by atoms with Crippen molar-refractivity contribution in [1.29, 1.82) is 0 Å². The topological polar surface area (TPSA) is 12.0 Å². The van der Waals surface area contributed by atoms with E-state index in [9.17, 15) is 0 Å². The third kappa shape index (κ3) is 4.51. The Morgan fingerprint density at radius 1 is 1.06 bits per heavy atom. The van der Waals surface area contributed by atoms with E-state index in [0.717, 1.165) is 13.0 Å². The Bertz CT molecular complexity index is 340. The van der Waals surface area contributed by atoms with Gasteiger partial charge < -0.3 is 5.32 Å². The summed E-state index contributed by atoms with van der Waals surface area (Å²) in [6.07, 6.45) is 1.11. The van der Waals surface area contributed by atoms with Crippen LogP contribution in [0.5, 0.6) is 0 Å². The minimum atomic E-state index is 0.299. The number of hydrogen-bond acceptors (Lipinski definition) is 1. The second-order valence-electron chi connectivity index (χ2n) is 6.18. The van der Waals surface area contributed by atoms with Crippen molar-refractivity contribution in [2.24, 2.45) is 5.41 Å². The van der Waals surface area contributed by atoms with E-state index in [2.05, 4.69) is 65.1 Å². The van der Waals surface area contributed by atoms with Gasteiger partial charge >= 0.3 is 0 Å². The lowest BCUT2D eigenvalue weighted by molar-refractivity contribution is 0.270. The number of aryl methyl sites for hydroxylation is 2. The highest BCUT2D eigenvalue weighted by Crippen LogP contribution is 2.23. The molecule has 1 nitrogen and oxygen atoms in total. The van der Waals surface area contributed by atoms with Crippen molar-refractivity contribution in [3.05, 3.63) is 34.9 Å². The smallest absolute Gasteiger partial charge is 0.0156 e. The van der Waals surface area contributed by atoms with E-state index in [4.69, 9.17) is 0 Å². The molecule has 0 bridgehead atoms. The Balaban J connectivity index is 2.86. The molecule has 0 aliphatic carbocycles. The molecule has 1 unspecified atom stereocenters. The van der Waals surface area contributed by atoms with Crippen molar-refractivity contribution in [2.45, 2.75) is 54.0 Å². The summed E-state index contributed by atoms with van der Waals surface area (Å²) >= 11 is 0. The number of nitrogens with one attached hydrogen (secondary N) is 1. The maximum Gasteiger partial charge on any atom is 0.0156 e. The van der Waals surface area contributed by atoms with Gasteiger partial charge in [0.05, 0.1) is 0 Å². The van der Waals surface area contributed by atoms with Crippen molar-refractivity contribution in [2.75, 3.05) is 6.54 Å². The van der Waals surface area contributed by atoms with E-state index in [1.807, 2.05) is 0 Å². The van der Waals surface area contributed by atoms with Gasteiger partial charge in [-0.25, -0.2) is 0 Å². The highest BCUT2D eigenvalue weighted by Gasteiger charge is 2.23. The quantitative estimate of drug-likeness (QED) is 0.832. The van der Waals surface area contributed by atoms with Gasteiger partial charge in [-0.1, -0.05) is 57.0 Å². The average molecular weight is 233 g/mol. The maximum atomic E-state index is 3.61. The minimum Gasteiger partial charge on any atom is -0.313 e. The highest BCUT2D eigenvalue weighted by molar-refractivity contribution is 5.29. The lowest BCUT2D eigenvalue weighted by Crippen LogP contribution is -2.41. The molecular weight excluding hydrogens is 206 g/mol. The first-order valence-electron chi connectivity index (χ1n) is 6.63. The molecule has 0 aliphatic heterocycles. The van der Waals surface area contributed by atoms with Crippen molar-refractivity contribution in [1.82, 2.24) is 5.32 Å². The van der Waals surface area contributed by atoms with Gasteiger partial charge in [-0.05, 0) is 37.8 Å². The predicted molar refractivity (Wildman–Crippen MR) is 76.5 cm³/mol. The fraction of sp³-hybridized carbons (Fsp3) is 0.625. The zero-order valence-electron chi connectivity index (χ0n) is 12.2. The molecule has 1 atom stereocenters. The molecule has 0 fully saturated rings. The third-order valence-corrected chi connectivity index (χ3v) is 3.22. The van der Waals surface area contributed by atoms with Crippen LogP contribution in [0.15, 0.2) is 18.2 Å². The van der Waals surface area contributed by atoms with E-state index in [0.29, 0.717) is 11.5 Å². The van der Waals surface area contributed by atoms with Gasteiger partial charge in [-0.3, -0.25) is 0 Å². The first kappa shape index (κ1) is 14.2. The molecule has 0 aromatic heterocycles. The van der Waals surface area contributed by atoms with E-state index >= 15 is 0 Å². The van der Waals surface area contributed by atoms with Gasteiger partial charge in [0.2, 0.25) is 0 Å². The van der Waals surface area contributed by atoms with Crippen LogP contribution in [0.1, 0.15) is 44.4 Å². The molecule has 1 aromatic carbocycles. The molecule has 0 spiro atoms. The molecule has 0 saturated carbocycles. The van der Waals surface area contributed by atoms with E-state index < -0.39 is 0 Å². The van der Waals surface area contributed by atoms with Crippen LogP contribution in [0, 0.1) is 19.3 Å². The van der Waals surface area contributed by atoms with Crippen molar-refractivity contribution in [3.8, 4) is 0 Å². The molecule has 0 aliphatic rings. The first-order chi connectivity index (χ1) is 7.82. The Morgan fingerprint density at radius 2 is 1.59 bits per heavy atom. The van der Waals surface area contributed by atoms with Gasteiger partial charge in [-0.15, -0.1) is 0 Å². The Morgan fingerprint density at radius 3 is 2.00 bits per heavy atom. The van der Waals surface area contributed by atoms with Gasteiger partial charge in [0.25, 0.3) is 0 Å². The zero-order chi connectivity index (χ0) is 13.1. The molecule has 17 heavy (non-hydrogen) atoms. The minimum absolute atomic E-state index is 0.299. The van der Waals surface area contributed by atoms with Crippen molar-refractivity contribution >= 4 is 0 Å². The van der Waals surface area contributed by atoms with E-state index in [-0.39, 0.29) is 0 Å². The summed E-state index contributed by atoms with van der Waals surface area (Å²) in [4.78, 5) is 0. The van der Waals surface area contributed by atoms with Gasteiger partial charge in [-0.2, -0.15) is 0 Å². The molecule has 0 saturated heterocycles. The molecule has 1 N–H and O–H groups in total. The molecule has 0 heterocycles. The van der Waals surface area contributed by atoms with Gasteiger partial charge in [0, 0.05) is 6.04 Å². The first-order valence-corrected chi connectivity index (χ1v) is 6.63. The standard InChI is InChI=1S/C16H27N/c1-7-17-15(16(4,5)6)11-14-9-12(2)8-13(3)10-14/h8-10,15,17H,7,11H2,1-6H3. The normalized spacial score (nSPS) is 13.8. The number of hydrogen-bond donors (Lipinski definition) is 1. The van der Waals surface area contributed by atoms with Crippen LogP contribution in [-0.4, -0.2) is 12.6 Å². The summed E-state index contributed by atoms with van der Waals surface area (Å²) in [6.45, 7) is 14.5. The fourth-order valence-corrected chi connectivity index (χ4v) is 2.35. The Kier molecular flexibility index (Phi) is 4.76. The Hall–Kier alpha value is -0.820. The van der Waals surface area contributed by atoms with Crippen LogP contribution < -0.4 is 5.32 Å². The monoisotopic (exact) mass is 233 g/mol. The zero-order valence-corrected chi connectivity index (χ0v) is 12.2. The second-order valence-corrected chi connectivity index (χ2v) is 6.18. The van der Waals surface area contributed by atoms with Crippen LogP contribution in [0.2, 0.25) is 0 Å². The fourth-order valence-electron chi connectivity index (χ4n) is 2.35. The summed E-state index contributed by atoms with van der Waals surface area (Å²) in [7, 11) is 0. The average Bonchev–Trinajstić information content (AvgIpc) is 2.13. The van der Waals surface area contributed by atoms with E-state index in [1.54, 1.807) is 0 Å². The predicted octanol–water partition coefficient (Wildman–Crippen LogP) is 3.87. The largest absolute Gasteiger partial charge is 0.313 e. The molecule has 0 radical (unpaired) electrons. The Labute approximate surface area is 107 Å². The van der Waals surface area contributed by atoms with Crippen LogP contribution in [0.25, 0.3) is 0 Å². The molecule has 1 rings (SSSR count). The van der Waals surface area contributed by atoms with Crippen LogP contribution in [-0.2, 0) is 6.42 Å². The third-order valence-electron chi connectivity index (χ3n) is 3.22. The SMILES string of the molecule is CCNC(Cc1cc(C)cc(C)c1)C(C)(C)C. The van der Waals surface area contributed by atoms with Crippen molar-refractivity contribution in [3.63, 3.8) is 0 Å². The lowest BCUT2D eigenvalue weighted by Gasteiger charge is -2.31. The summed E-state index contributed by atoms with van der Waals surface area (Å²) in [5, 5.41) is 3.61. The molecular formula is C16H27N. The second kappa shape index (κ2) is 5.68. The maximum absolute atomic E-state index is 3.61. The summed E-state index contributed by atoms with van der Waals surface area (Å²) in [5.41, 5.74) is 4.48. The van der Waals surface area contributed by atoms with Crippen LogP contribution in [0.3, 0.4) is 0 Å². The molecule has 1 aromatic rings. The summed E-state index contributed by atoms with van der Waals surface area (Å²) in [6, 6.07) is 7.39. The van der Waals surface area contributed by atoms with Crippen LogP contribution >= 0.6 is 0 Å².